The van der Waals surface area contributed by atoms with Gasteiger partial charge in [-0.15, -0.1) is 0 Å². The highest BCUT2D eigenvalue weighted by molar-refractivity contribution is 5.80. The Morgan fingerprint density at radius 1 is 1.33 bits per heavy atom. The van der Waals surface area contributed by atoms with Crippen LogP contribution in [0.3, 0.4) is 0 Å². The number of aliphatic hydroxyl groups is 1. The molecule has 0 atom stereocenters. The van der Waals surface area contributed by atoms with Gasteiger partial charge in [0.25, 0.3) is 0 Å². The number of carbonyl (C=O) groups is 1. The van der Waals surface area contributed by atoms with Gasteiger partial charge >= 0.3 is 5.97 Å². The Kier molecular flexibility index (Phi) is 3.20. The van der Waals surface area contributed by atoms with Crippen LogP contribution in [0.15, 0.2) is 24.0 Å². The molecule has 0 aromatic heterocycles. The van der Waals surface area contributed by atoms with Crippen LogP contribution in [0.4, 0.5) is 0 Å². The number of carboxylic acid groups (broad SMARTS) is 1. The van der Waals surface area contributed by atoms with E-state index in [1.807, 2.05) is 0 Å². The average Bonchev–Trinajstić information content (AvgIpc) is 1.83. The molecule has 0 saturated carbocycles. The van der Waals surface area contributed by atoms with Crippen molar-refractivity contribution in [1.82, 2.24) is 0 Å². The number of hydrogen-bond acceptors (Lipinski definition) is 2. The van der Waals surface area contributed by atoms with Crippen molar-refractivity contribution in [3.63, 3.8) is 0 Å². The Morgan fingerprint density at radius 3 is 2.22 bits per heavy atom. The van der Waals surface area contributed by atoms with Crippen LogP contribution >= 0.6 is 0 Å². The third-order valence-electron chi connectivity index (χ3n) is 0.692. The first-order chi connectivity index (χ1) is 4.16. The van der Waals surface area contributed by atoms with Gasteiger partial charge in [0.1, 0.15) is 5.76 Å². The molecule has 0 aliphatic heterocycles. The second-order valence-corrected chi connectivity index (χ2v) is 1.39. The molecule has 0 bridgehead atoms. The summed E-state index contributed by atoms with van der Waals surface area (Å²) in [7, 11) is 0. The average molecular weight is 128 g/mol. The van der Waals surface area contributed by atoms with E-state index in [1.54, 1.807) is 6.92 Å². The summed E-state index contributed by atoms with van der Waals surface area (Å²) in [6.07, 6.45) is 3.39. The largest absolute Gasteiger partial charge is 0.508 e. The lowest BCUT2D eigenvalue weighted by Gasteiger charge is -1.83. The van der Waals surface area contributed by atoms with E-state index in [1.165, 1.54) is 6.08 Å². The van der Waals surface area contributed by atoms with E-state index in [0.29, 0.717) is 0 Å². The van der Waals surface area contributed by atoms with E-state index in [0.717, 1.165) is 12.2 Å². The van der Waals surface area contributed by atoms with Crippen LogP contribution in [0.2, 0.25) is 0 Å². The summed E-state index contributed by atoms with van der Waals surface area (Å²) in [4.78, 5) is 9.79. The smallest absolute Gasteiger partial charge is 0.328 e. The number of aliphatic hydroxyl groups excluding tert-OH is 1. The highest BCUT2D eigenvalue weighted by Crippen LogP contribution is 1.88. The Balaban J connectivity index is 3.86. The van der Waals surface area contributed by atoms with Gasteiger partial charge in [-0.2, -0.15) is 0 Å². The fourth-order valence-corrected chi connectivity index (χ4v) is 0.253. The Hall–Kier alpha value is -1.25. The third kappa shape index (κ3) is 4.61. The lowest BCUT2D eigenvalue weighted by molar-refractivity contribution is -0.131. The van der Waals surface area contributed by atoms with Crippen LogP contribution in [0.1, 0.15) is 6.92 Å². The fraction of sp³-hybridized carbons (Fsp3) is 0.167. The molecule has 3 heteroatoms. The van der Waals surface area contributed by atoms with Gasteiger partial charge in [0.05, 0.1) is 0 Å². The van der Waals surface area contributed by atoms with Gasteiger partial charge in [-0.25, -0.2) is 4.79 Å². The van der Waals surface area contributed by atoms with Gasteiger partial charge in [0, 0.05) is 6.08 Å². The second kappa shape index (κ2) is 3.72. The molecule has 0 aromatic rings. The molecule has 3 nitrogen and oxygen atoms in total. The first kappa shape index (κ1) is 7.75. The molecular formula is C6H8O3. The molecule has 0 aliphatic rings. The summed E-state index contributed by atoms with van der Waals surface area (Å²) in [5.41, 5.74) is 0. The standard InChI is InChI=1S/C6H8O3/c1-2-5(7)3-4-6(8)9/h2-4,7H,1H3,(H,8,9). The van der Waals surface area contributed by atoms with Gasteiger partial charge in [-0.3, -0.25) is 0 Å². The summed E-state index contributed by atoms with van der Waals surface area (Å²) in [6, 6.07) is 0. The van der Waals surface area contributed by atoms with Crippen molar-refractivity contribution in [3.8, 4) is 0 Å². The molecule has 0 radical (unpaired) electrons. The molecule has 2 N–H and O–H groups in total. The van der Waals surface area contributed by atoms with Crippen molar-refractivity contribution in [2.45, 2.75) is 6.92 Å². The van der Waals surface area contributed by atoms with Crippen molar-refractivity contribution in [2.24, 2.45) is 0 Å². The van der Waals surface area contributed by atoms with Crippen LogP contribution in [0, 0.1) is 0 Å². The van der Waals surface area contributed by atoms with E-state index in [4.69, 9.17) is 10.2 Å². The molecule has 50 valence electrons. The molecular weight excluding hydrogens is 120 g/mol. The predicted molar refractivity (Wildman–Crippen MR) is 33.2 cm³/mol. The zero-order valence-corrected chi connectivity index (χ0v) is 5.03. The number of aliphatic carboxylic acids is 1. The number of allylic oxidation sites excluding steroid dienone is 2. The third-order valence-corrected chi connectivity index (χ3v) is 0.692. The summed E-state index contributed by atoms with van der Waals surface area (Å²) in [5, 5.41) is 16.7. The van der Waals surface area contributed by atoms with E-state index in [-0.39, 0.29) is 5.76 Å². The fourth-order valence-electron chi connectivity index (χ4n) is 0.253. The van der Waals surface area contributed by atoms with Crippen molar-refractivity contribution in [3.05, 3.63) is 24.0 Å². The van der Waals surface area contributed by atoms with Crippen molar-refractivity contribution >= 4 is 5.97 Å². The van der Waals surface area contributed by atoms with Gasteiger partial charge < -0.3 is 10.2 Å². The zero-order chi connectivity index (χ0) is 7.28. The summed E-state index contributed by atoms with van der Waals surface area (Å²) >= 11 is 0. The lowest BCUT2D eigenvalue weighted by atomic mass is 10.4. The van der Waals surface area contributed by atoms with E-state index < -0.39 is 5.97 Å². The van der Waals surface area contributed by atoms with E-state index in [2.05, 4.69) is 0 Å². The summed E-state index contributed by atoms with van der Waals surface area (Å²) in [5.74, 6) is -1.11. The van der Waals surface area contributed by atoms with Crippen molar-refractivity contribution < 1.29 is 15.0 Å². The Labute approximate surface area is 52.9 Å². The van der Waals surface area contributed by atoms with Crippen LogP contribution in [-0.4, -0.2) is 16.2 Å². The Bertz CT molecular complexity index is 156. The van der Waals surface area contributed by atoms with Gasteiger partial charge in [0.2, 0.25) is 0 Å². The van der Waals surface area contributed by atoms with Crippen molar-refractivity contribution in [2.75, 3.05) is 0 Å². The van der Waals surface area contributed by atoms with Gasteiger partial charge in [0.15, 0.2) is 0 Å². The molecule has 0 aromatic carbocycles. The molecule has 0 rings (SSSR count). The molecule has 0 saturated heterocycles. The highest BCUT2D eigenvalue weighted by Gasteiger charge is 1.85. The van der Waals surface area contributed by atoms with Crippen LogP contribution in [0.25, 0.3) is 0 Å². The predicted octanol–water partition coefficient (Wildman–Crippen LogP) is 1.09. The van der Waals surface area contributed by atoms with Crippen LogP contribution < -0.4 is 0 Å². The first-order valence-corrected chi connectivity index (χ1v) is 2.43. The molecule has 0 spiro atoms. The molecule has 0 fully saturated rings. The minimum atomic E-state index is -1.07. The number of hydrogen-bond donors (Lipinski definition) is 2. The topological polar surface area (TPSA) is 57.5 Å². The lowest BCUT2D eigenvalue weighted by Crippen LogP contribution is -1.86. The maximum absolute atomic E-state index is 9.79. The minimum Gasteiger partial charge on any atom is -0.508 e. The molecule has 0 unspecified atom stereocenters. The SMILES string of the molecule is CC=C(O)C=CC(=O)O. The maximum atomic E-state index is 9.79. The van der Waals surface area contributed by atoms with Crippen molar-refractivity contribution in [1.29, 1.82) is 0 Å². The first-order valence-electron chi connectivity index (χ1n) is 2.43. The normalized spacial score (nSPS) is 12.3. The quantitative estimate of drug-likeness (QED) is 0.332. The van der Waals surface area contributed by atoms with Crippen LogP contribution in [-0.2, 0) is 4.79 Å². The molecule has 0 heterocycles. The molecule has 0 amide bonds. The highest BCUT2D eigenvalue weighted by atomic mass is 16.4. The van der Waals surface area contributed by atoms with Gasteiger partial charge in [-0.1, -0.05) is 0 Å². The Morgan fingerprint density at radius 2 is 1.89 bits per heavy atom. The number of carboxylic acids is 1. The second-order valence-electron chi connectivity index (χ2n) is 1.39. The van der Waals surface area contributed by atoms with E-state index in [9.17, 15) is 4.79 Å². The van der Waals surface area contributed by atoms with Gasteiger partial charge in [-0.05, 0) is 19.1 Å². The minimum absolute atomic E-state index is 0.0441. The summed E-state index contributed by atoms with van der Waals surface area (Å²) in [6.45, 7) is 1.61. The maximum Gasteiger partial charge on any atom is 0.328 e. The van der Waals surface area contributed by atoms with Crippen LogP contribution in [0.5, 0.6) is 0 Å². The monoisotopic (exact) mass is 128 g/mol. The molecule has 9 heavy (non-hydrogen) atoms. The van der Waals surface area contributed by atoms with E-state index >= 15 is 0 Å². The number of rotatable bonds is 2. The zero-order valence-electron chi connectivity index (χ0n) is 5.03. The summed E-state index contributed by atoms with van der Waals surface area (Å²) < 4.78 is 0. The molecule has 0 aliphatic carbocycles.